The van der Waals surface area contributed by atoms with Gasteiger partial charge in [-0.1, -0.05) is 11.6 Å². The van der Waals surface area contributed by atoms with Crippen molar-refractivity contribution in [3.8, 4) is 5.75 Å². The van der Waals surface area contributed by atoms with Crippen LogP contribution in [0.1, 0.15) is 16.7 Å². The van der Waals surface area contributed by atoms with E-state index in [1.54, 1.807) is 31.5 Å². The van der Waals surface area contributed by atoms with Crippen molar-refractivity contribution < 1.29 is 18.7 Å². The van der Waals surface area contributed by atoms with Gasteiger partial charge in [-0.2, -0.15) is 0 Å². The van der Waals surface area contributed by atoms with Crippen LogP contribution in [0, 0.1) is 13.8 Å². The molecule has 0 fully saturated rings. The van der Waals surface area contributed by atoms with Gasteiger partial charge in [0.05, 0.1) is 32.0 Å². The van der Waals surface area contributed by atoms with Gasteiger partial charge in [-0.3, -0.25) is 9.59 Å². The van der Waals surface area contributed by atoms with Crippen LogP contribution < -0.4 is 10.1 Å². The number of halogens is 1. The molecule has 0 radical (unpaired) electrons. The average Bonchev–Trinajstić information content (AvgIpc) is 3.03. The molecule has 29 heavy (non-hydrogen) atoms. The Bertz CT molecular complexity index is 1070. The lowest BCUT2D eigenvalue weighted by Gasteiger charge is -2.17. The predicted molar refractivity (Wildman–Crippen MR) is 114 cm³/mol. The van der Waals surface area contributed by atoms with Crippen molar-refractivity contribution >= 4 is 40.1 Å². The molecule has 3 rings (SSSR count). The van der Waals surface area contributed by atoms with Crippen molar-refractivity contribution in [1.82, 2.24) is 4.90 Å². The minimum absolute atomic E-state index is 0.0948. The van der Waals surface area contributed by atoms with Crippen LogP contribution in [0.3, 0.4) is 0 Å². The van der Waals surface area contributed by atoms with Gasteiger partial charge in [0.25, 0.3) is 0 Å². The molecule has 1 aromatic heterocycles. The SMILES string of the molecule is COc1ccc(Cl)cc1NC(=O)CN(C)C(=O)Cc1coc2cc(C)c(C)cc12. The normalized spacial score (nSPS) is 10.8. The van der Waals surface area contributed by atoms with E-state index in [0.29, 0.717) is 16.5 Å². The number of rotatable bonds is 6. The molecular weight excluding hydrogens is 392 g/mol. The third-order valence-electron chi connectivity index (χ3n) is 4.85. The fourth-order valence-electron chi connectivity index (χ4n) is 3.04. The number of aryl methyl sites for hydroxylation is 2. The first-order valence-corrected chi connectivity index (χ1v) is 9.51. The largest absolute Gasteiger partial charge is 0.495 e. The van der Waals surface area contributed by atoms with Crippen molar-refractivity contribution in [2.75, 3.05) is 26.0 Å². The number of furan rings is 1. The maximum Gasteiger partial charge on any atom is 0.244 e. The van der Waals surface area contributed by atoms with Gasteiger partial charge < -0.3 is 19.4 Å². The maximum atomic E-state index is 12.6. The van der Waals surface area contributed by atoms with E-state index in [1.807, 2.05) is 26.0 Å². The molecule has 0 unspecified atom stereocenters. The number of ether oxygens (including phenoxy) is 1. The summed E-state index contributed by atoms with van der Waals surface area (Å²) >= 11 is 5.98. The first-order chi connectivity index (χ1) is 13.8. The first kappa shape index (κ1) is 20.7. The van der Waals surface area contributed by atoms with Crippen LogP contribution in [-0.2, 0) is 16.0 Å². The van der Waals surface area contributed by atoms with Crippen molar-refractivity contribution in [2.24, 2.45) is 0 Å². The van der Waals surface area contributed by atoms with Crippen LogP contribution in [-0.4, -0.2) is 37.4 Å². The van der Waals surface area contributed by atoms with Crippen LogP contribution in [0.4, 0.5) is 5.69 Å². The Balaban J connectivity index is 1.66. The number of carbonyl (C=O) groups excluding carboxylic acids is 2. The summed E-state index contributed by atoms with van der Waals surface area (Å²) in [6, 6.07) is 8.93. The molecule has 0 aliphatic rings. The molecule has 1 heterocycles. The predicted octanol–water partition coefficient (Wildman–Crippen LogP) is 4.35. The molecule has 2 aromatic carbocycles. The Kier molecular flexibility index (Phi) is 6.13. The lowest BCUT2D eigenvalue weighted by atomic mass is 10.0. The van der Waals surface area contributed by atoms with Crippen LogP contribution >= 0.6 is 11.6 Å². The van der Waals surface area contributed by atoms with Crippen molar-refractivity contribution in [1.29, 1.82) is 0 Å². The van der Waals surface area contributed by atoms with Crippen molar-refractivity contribution in [2.45, 2.75) is 20.3 Å². The number of fused-ring (bicyclic) bond motifs is 1. The van der Waals surface area contributed by atoms with Gasteiger partial charge in [0, 0.05) is 23.0 Å². The molecule has 1 N–H and O–H groups in total. The number of hydrogen-bond acceptors (Lipinski definition) is 4. The summed E-state index contributed by atoms with van der Waals surface area (Å²) in [4.78, 5) is 26.4. The molecule has 2 amide bonds. The summed E-state index contributed by atoms with van der Waals surface area (Å²) < 4.78 is 10.8. The second-order valence-electron chi connectivity index (χ2n) is 7.01. The number of anilines is 1. The van der Waals surface area contributed by atoms with Gasteiger partial charge in [-0.05, 0) is 55.3 Å². The molecule has 7 heteroatoms. The fraction of sp³-hybridized carbons (Fsp3) is 0.273. The van der Waals surface area contributed by atoms with Gasteiger partial charge in [-0.15, -0.1) is 0 Å². The number of carbonyl (C=O) groups is 2. The highest BCUT2D eigenvalue weighted by molar-refractivity contribution is 6.31. The first-order valence-electron chi connectivity index (χ1n) is 9.13. The van der Waals surface area contributed by atoms with E-state index < -0.39 is 0 Å². The smallest absolute Gasteiger partial charge is 0.244 e. The molecule has 3 aromatic rings. The standard InChI is InChI=1S/C22H23ClN2O4/c1-13-7-17-15(12-29-20(17)8-14(13)2)9-22(27)25(3)11-21(26)24-18-10-16(23)5-6-19(18)28-4/h5-8,10,12H,9,11H2,1-4H3,(H,24,26). The second-order valence-corrected chi connectivity index (χ2v) is 7.45. The highest BCUT2D eigenvalue weighted by Gasteiger charge is 2.18. The zero-order chi connectivity index (χ0) is 21.1. The molecule has 6 nitrogen and oxygen atoms in total. The Morgan fingerprint density at radius 3 is 2.62 bits per heavy atom. The number of amides is 2. The lowest BCUT2D eigenvalue weighted by Crippen LogP contribution is -2.35. The van der Waals surface area contributed by atoms with Crippen molar-refractivity contribution in [3.63, 3.8) is 0 Å². The lowest BCUT2D eigenvalue weighted by molar-refractivity contribution is -0.132. The summed E-state index contributed by atoms with van der Waals surface area (Å²) in [6.45, 7) is 3.94. The van der Waals surface area contributed by atoms with Gasteiger partial charge >= 0.3 is 0 Å². The zero-order valence-electron chi connectivity index (χ0n) is 16.8. The summed E-state index contributed by atoms with van der Waals surface area (Å²) in [6.07, 6.45) is 1.76. The molecule has 0 saturated carbocycles. The maximum absolute atomic E-state index is 12.6. The molecule has 0 saturated heterocycles. The summed E-state index contributed by atoms with van der Waals surface area (Å²) in [5, 5.41) is 4.12. The van der Waals surface area contributed by atoms with Crippen molar-refractivity contribution in [3.05, 3.63) is 58.3 Å². The monoisotopic (exact) mass is 414 g/mol. The second kappa shape index (κ2) is 8.57. The van der Waals surface area contributed by atoms with E-state index in [0.717, 1.165) is 27.7 Å². The zero-order valence-corrected chi connectivity index (χ0v) is 17.6. The van der Waals surface area contributed by atoms with Gasteiger partial charge in [-0.25, -0.2) is 0 Å². The van der Waals surface area contributed by atoms with Crippen LogP contribution in [0.2, 0.25) is 5.02 Å². The molecule has 152 valence electrons. The average molecular weight is 415 g/mol. The molecule has 0 spiro atoms. The molecule has 0 atom stereocenters. The highest BCUT2D eigenvalue weighted by Crippen LogP contribution is 2.28. The van der Waals surface area contributed by atoms with E-state index >= 15 is 0 Å². The Labute approximate surface area is 174 Å². The van der Waals surface area contributed by atoms with E-state index in [2.05, 4.69) is 5.32 Å². The third kappa shape index (κ3) is 4.71. The number of methoxy groups -OCH3 is 1. The number of nitrogens with zero attached hydrogens (tertiary/aromatic N) is 1. The summed E-state index contributed by atoms with van der Waals surface area (Å²) in [7, 11) is 3.10. The van der Waals surface area contributed by atoms with E-state index in [9.17, 15) is 9.59 Å². The van der Waals surface area contributed by atoms with Crippen LogP contribution in [0.15, 0.2) is 41.0 Å². The minimum Gasteiger partial charge on any atom is -0.495 e. The Morgan fingerprint density at radius 1 is 1.17 bits per heavy atom. The fourth-order valence-corrected chi connectivity index (χ4v) is 3.21. The minimum atomic E-state index is -0.343. The number of likely N-dealkylation sites (N-methyl/N-ethyl adjacent to an activating group) is 1. The van der Waals surface area contributed by atoms with Crippen LogP contribution in [0.5, 0.6) is 5.75 Å². The van der Waals surface area contributed by atoms with Gasteiger partial charge in [0.2, 0.25) is 11.8 Å². The molecule has 0 bridgehead atoms. The highest BCUT2D eigenvalue weighted by atomic mass is 35.5. The number of hydrogen-bond donors (Lipinski definition) is 1. The Morgan fingerprint density at radius 2 is 1.90 bits per heavy atom. The molecular formula is C22H23ClN2O4. The molecule has 0 aliphatic carbocycles. The third-order valence-corrected chi connectivity index (χ3v) is 5.09. The quantitative estimate of drug-likeness (QED) is 0.650. The number of benzene rings is 2. The summed E-state index contributed by atoms with van der Waals surface area (Å²) in [5.74, 6) is -0.0312. The van der Waals surface area contributed by atoms with Gasteiger partial charge in [0.1, 0.15) is 11.3 Å². The summed E-state index contributed by atoms with van der Waals surface area (Å²) in [5.41, 5.74) is 4.28. The van der Waals surface area contributed by atoms with Gasteiger partial charge in [0.15, 0.2) is 0 Å². The number of nitrogens with one attached hydrogen (secondary N) is 1. The van der Waals surface area contributed by atoms with E-state index in [-0.39, 0.29) is 24.8 Å². The van der Waals surface area contributed by atoms with E-state index in [4.69, 9.17) is 20.8 Å². The Hall–Kier alpha value is -2.99. The topological polar surface area (TPSA) is 71.8 Å². The van der Waals surface area contributed by atoms with Crippen LogP contribution in [0.25, 0.3) is 11.0 Å². The molecule has 0 aliphatic heterocycles. The van der Waals surface area contributed by atoms with E-state index in [1.165, 1.54) is 12.0 Å².